The van der Waals surface area contributed by atoms with Crippen LogP contribution in [-0.4, -0.2) is 45.4 Å². The molecule has 0 unspecified atom stereocenters. The second kappa shape index (κ2) is 9.47. The summed E-state index contributed by atoms with van der Waals surface area (Å²) in [7, 11) is -1.96. The summed E-state index contributed by atoms with van der Waals surface area (Å²) in [6.07, 6.45) is 1.72. The number of nitrogens with one attached hydrogen (secondary N) is 1. The van der Waals surface area contributed by atoms with Gasteiger partial charge in [0.15, 0.2) is 6.61 Å². The first-order valence-electron chi connectivity index (χ1n) is 9.22. The molecule has 1 fully saturated rings. The molecule has 1 aliphatic heterocycles. The largest absolute Gasteiger partial charge is 0.497 e. The summed E-state index contributed by atoms with van der Waals surface area (Å²) in [6.45, 7) is 1.17. The number of rotatable bonds is 8. The second-order valence-electron chi connectivity index (χ2n) is 6.62. The Hall–Kier alpha value is -2.29. The van der Waals surface area contributed by atoms with Gasteiger partial charge in [0.05, 0.1) is 17.0 Å². The SMILES string of the molecule is COc1ccc(CNC(=O)COc2ccc(S(=O)(=O)N3CCCC3)cc2Cl)cc1. The molecule has 0 bridgehead atoms. The number of benzene rings is 2. The Morgan fingerprint density at radius 1 is 1.14 bits per heavy atom. The molecule has 2 aromatic carbocycles. The Balaban J connectivity index is 1.54. The van der Waals surface area contributed by atoms with Crippen LogP contribution in [0.2, 0.25) is 5.02 Å². The number of sulfonamides is 1. The summed E-state index contributed by atoms with van der Waals surface area (Å²) in [5.74, 6) is 0.686. The predicted molar refractivity (Wildman–Crippen MR) is 110 cm³/mol. The molecule has 7 nitrogen and oxygen atoms in total. The quantitative estimate of drug-likeness (QED) is 0.685. The third kappa shape index (κ3) is 5.41. The van der Waals surface area contributed by atoms with Crippen LogP contribution in [0.1, 0.15) is 18.4 Å². The molecule has 3 rings (SSSR count). The molecule has 0 radical (unpaired) electrons. The highest BCUT2D eigenvalue weighted by atomic mass is 35.5. The zero-order valence-corrected chi connectivity index (χ0v) is 17.6. The number of amides is 1. The Morgan fingerprint density at radius 3 is 2.45 bits per heavy atom. The normalized spacial score (nSPS) is 14.6. The lowest BCUT2D eigenvalue weighted by atomic mass is 10.2. The molecule has 1 amide bonds. The van der Waals surface area contributed by atoms with Gasteiger partial charge in [0.2, 0.25) is 10.0 Å². The van der Waals surface area contributed by atoms with Gasteiger partial charge in [-0.05, 0) is 48.7 Å². The van der Waals surface area contributed by atoms with Crippen molar-refractivity contribution in [2.45, 2.75) is 24.3 Å². The van der Waals surface area contributed by atoms with Gasteiger partial charge in [0.1, 0.15) is 11.5 Å². The summed E-state index contributed by atoms with van der Waals surface area (Å²) in [6, 6.07) is 11.6. The molecular weight excluding hydrogens is 416 g/mol. The minimum Gasteiger partial charge on any atom is -0.497 e. The Kier molecular flexibility index (Phi) is 7.00. The number of hydrogen-bond acceptors (Lipinski definition) is 5. The summed E-state index contributed by atoms with van der Waals surface area (Å²) in [4.78, 5) is 12.1. The van der Waals surface area contributed by atoms with Crippen LogP contribution in [-0.2, 0) is 21.4 Å². The zero-order chi connectivity index (χ0) is 20.9. The van der Waals surface area contributed by atoms with Gasteiger partial charge in [-0.1, -0.05) is 23.7 Å². The molecule has 2 aromatic rings. The Bertz CT molecular complexity index is 957. The number of hydrogen-bond donors (Lipinski definition) is 1. The molecule has 0 spiro atoms. The first kappa shape index (κ1) is 21.4. The molecule has 29 heavy (non-hydrogen) atoms. The fourth-order valence-electron chi connectivity index (χ4n) is 2.97. The molecule has 0 atom stereocenters. The van der Waals surface area contributed by atoms with Crippen LogP contribution < -0.4 is 14.8 Å². The maximum atomic E-state index is 12.6. The zero-order valence-electron chi connectivity index (χ0n) is 16.1. The summed E-state index contributed by atoms with van der Waals surface area (Å²) < 4.78 is 37.1. The third-order valence-electron chi connectivity index (χ3n) is 4.61. The minimum absolute atomic E-state index is 0.126. The lowest BCUT2D eigenvalue weighted by molar-refractivity contribution is -0.123. The lowest BCUT2D eigenvalue weighted by Gasteiger charge is -2.16. The van der Waals surface area contributed by atoms with Crippen molar-refractivity contribution in [1.82, 2.24) is 9.62 Å². The van der Waals surface area contributed by atoms with Crippen molar-refractivity contribution in [3.05, 3.63) is 53.1 Å². The first-order chi connectivity index (χ1) is 13.9. The number of nitrogens with zero attached hydrogens (tertiary/aromatic N) is 1. The molecule has 0 aromatic heterocycles. The summed E-state index contributed by atoms with van der Waals surface area (Å²) in [5.41, 5.74) is 0.925. The number of halogens is 1. The van der Waals surface area contributed by atoms with E-state index in [1.807, 2.05) is 24.3 Å². The van der Waals surface area contributed by atoms with E-state index in [0.29, 0.717) is 19.6 Å². The van der Waals surface area contributed by atoms with E-state index in [4.69, 9.17) is 21.1 Å². The van der Waals surface area contributed by atoms with Crippen LogP contribution in [0.15, 0.2) is 47.4 Å². The maximum Gasteiger partial charge on any atom is 0.258 e. The number of carbonyl (C=O) groups is 1. The third-order valence-corrected chi connectivity index (χ3v) is 6.80. The van der Waals surface area contributed by atoms with E-state index in [2.05, 4.69) is 5.32 Å². The molecule has 156 valence electrons. The van der Waals surface area contributed by atoms with Crippen molar-refractivity contribution in [1.29, 1.82) is 0 Å². The van der Waals surface area contributed by atoms with E-state index < -0.39 is 10.0 Å². The number of carbonyl (C=O) groups excluding carboxylic acids is 1. The predicted octanol–water partition coefficient (Wildman–Crippen LogP) is 2.83. The Morgan fingerprint density at radius 2 is 1.83 bits per heavy atom. The van der Waals surface area contributed by atoms with E-state index in [9.17, 15) is 13.2 Å². The monoisotopic (exact) mass is 438 g/mol. The van der Waals surface area contributed by atoms with E-state index in [-0.39, 0.29) is 28.2 Å². The molecule has 1 saturated heterocycles. The van der Waals surface area contributed by atoms with Gasteiger partial charge in [-0.2, -0.15) is 4.31 Å². The number of ether oxygens (including phenoxy) is 2. The van der Waals surface area contributed by atoms with Gasteiger partial charge < -0.3 is 14.8 Å². The van der Waals surface area contributed by atoms with E-state index >= 15 is 0 Å². The Labute approximate surface area is 175 Å². The fraction of sp³-hybridized carbons (Fsp3) is 0.350. The highest BCUT2D eigenvalue weighted by molar-refractivity contribution is 7.89. The van der Waals surface area contributed by atoms with Gasteiger partial charge >= 0.3 is 0 Å². The molecule has 0 aliphatic carbocycles. The lowest BCUT2D eigenvalue weighted by Crippen LogP contribution is -2.28. The van der Waals surface area contributed by atoms with Gasteiger partial charge in [0, 0.05) is 19.6 Å². The van der Waals surface area contributed by atoms with Crippen LogP contribution in [0.25, 0.3) is 0 Å². The van der Waals surface area contributed by atoms with Crippen molar-refractivity contribution < 1.29 is 22.7 Å². The fourth-order valence-corrected chi connectivity index (χ4v) is 4.82. The van der Waals surface area contributed by atoms with Crippen LogP contribution in [0.3, 0.4) is 0 Å². The van der Waals surface area contributed by atoms with Crippen LogP contribution in [0, 0.1) is 0 Å². The highest BCUT2D eigenvalue weighted by Crippen LogP contribution is 2.29. The van der Waals surface area contributed by atoms with Crippen molar-refractivity contribution in [2.24, 2.45) is 0 Å². The second-order valence-corrected chi connectivity index (χ2v) is 8.96. The van der Waals surface area contributed by atoms with Crippen LogP contribution in [0.4, 0.5) is 0 Å². The van der Waals surface area contributed by atoms with Crippen molar-refractivity contribution in [3.8, 4) is 11.5 Å². The van der Waals surface area contributed by atoms with Crippen LogP contribution in [0.5, 0.6) is 11.5 Å². The van der Waals surface area contributed by atoms with Crippen molar-refractivity contribution >= 4 is 27.5 Å². The standard InChI is InChI=1S/C20H23ClN2O5S/c1-27-16-6-4-15(5-7-16)13-22-20(24)14-28-19-9-8-17(12-18(19)21)29(25,26)23-10-2-3-11-23/h4-9,12H,2-3,10-11,13-14H2,1H3,(H,22,24). The molecule has 1 N–H and O–H groups in total. The van der Waals surface area contributed by atoms with Gasteiger partial charge in [-0.3, -0.25) is 4.79 Å². The summed E-state index contributed by atoms with van der Waals surface area (Å²) >= 11 is 6.18. The molecule has 1 heterocycles. The molecular formula is C20H23ClN2O5S. The molecule has 0 saturated carbocycles. The van der Waals surface area contributed by atoms with Gasteiger partial charge in [0.25, 0.3) is 5.91 Å². The topological polar surface area (TPSA) is 84.9 Å². The van der Waals surface area contributed by atoms with E-state index in [1.165, 1.54) is 22.5 Å². The van der Waals surface area contributed by atoms with E-state index in [1.54, 1.807) is 7.11 Å². The number of methoxy groups -OCH3 is 1. The smallest absolute Gasteiger partial charge is 0.258 e. The average Bonchev–Trinajstić information content (AvgIpc) is 3.27. The van der Waals surface area contributed by atoms with Crippen molar-refractivity contribution in [3.63, 3.8) is 0 Å². The van der Waals surface area contributed by atoms with E-state index in [0.717, 1.165) is 24.2 Å². The highest BCUT2D eigenvalue weighted by Gasteiger charge is 2.27. The van der Waals surface area contributed by atoms with Crippen molar-refractivity contribution in [2.75, 3.05) is 26.8 Å². The molecule has 1 aliphatic rings. The average molecular weight is 439 g/mol. The van der Waals surface area contributed by atoms with Crippen LogP contribution >= 0.6 is 11.6 Å². The minimum atomic E-state index is -3.55. The molecule has 9 heteroatoms. The van der Waals surface area contributed by atoms with Gasteiger partial charge in [-0.25, -0.2) is 8.42 Å². The first-order valence-corrected chi connectivity index (χ1v) is 11.0. The maximum absolute atomic E-state index is 12.6. The summed E-state index contributed by atoms with van der Waals surface area (Å²) in [5, 5.41) is 2.89. The van der Waals surface area contributed by atoms with Gasteiger partial charge in [-0.15, -0.1) is 0 Å².